The van der Waals surface area contributed by atoms with Gasteiger partial charge in [0.1, 0.15) is 5.58 Å². The highest BCUT2D eigenvalue weighted by Crippen LogP contribution is 2.44. The van der Waals surface area contributed by atoms with Crippen molar-refractivity contribution in [3.63, 3.8) is 0 Å². The third kappa shape index (κ3) is 4.12. The van der Waals surface area contributed by atoms with Crippen LogP contribution in [0.2, 0.25) is 0 Å². The summed E-state index contributed by atoms with van der Waals surface area (Å²) in [6.07, 6.45) is 0. The fraction of sp³-hybridized carbons (Fsp3) is 0. The Morgan fingerprint density at radius 1 is 0.333 bits per heavy atom. The molecule has 0 radical (unpaired) electrons. The molecule has 3 aromatic heterocycles. The van der Waals surface area contributed by atoms with Crippen molar-refractivity contribution in [2.24, 2.45) is 0 Å². The molecule has 0 aliphatic rings. The molecule has 51 heavy (non-hydrogen) atoms. The van der Waals surface area contributed by atoms with Gasteiger partial charge in [-0.2, -0.15) is 0 Å². The van der Waals surface area contributed by atoms with Crippen LogP contribution in [0.3, 0.4) is 0 Å². The molecule has 0 fully saturated rings. The van der Waals surface area contributed by atoms with E-state index in [1.165, 1.54) is 54.8 Å². The largest absolute Gasteiger partial charge is 0.454 e. The minimum atomic E-state index is 0.900. The van der Waals surface area contributed by atoms with Gasteiger partial charge in [0.2, 0.25) is 0 Å². The van der Waals surface area contributed by atoms with Gasteiger partial charge in [-0.25, -0.2) is 0 Å². The number of fused-ring (bicyclic) bond motifs is 10. The zero-order valence-corrected chi connectivity index (χ0v) is 27.6. The van der Waals surface area contributed by atoms with E-state index in [1.807, 2.05) is 6.07 Å². The highest BCUT2D eigenvalue weighted by Gasteiger charge is 2.22. The van der Waals surface area contributed by atoms with Crippen LogP contribution in [-0.2, 0) is 0 Å². The van der Waals surface area contributed by atoms with Crippen molar-refractivity contribution in [2.45, 2.75) is 0 Å². The number of furan rings is 1. The Morgan fingerprint density at radius 2 is 0.863 bits per heavy atom. The minimum absolute atomic E-state index is 0.900. The lowest BCUT2D eigenvalue weighted by Crippen LogP contribution is -1.95. The Balaban J connectivity index is 1.15. The summed E-state index contributed by atoms with van der Waals surface area (Å²) in [7, 11) is 0. The Hall–Kier alpha value is -6.84. The number of benzene rings is 8. The molecule has 11 aromatic rings. The van der Waals surface area contributed by atoms with Gasteiger partial charge < -0.3 is 13.6 Å². The number of aromatic nitrogens is 2. The molecule has 238 valence electrons. The molecule has 0 bridgehead atoms. The third-order valence-electron chi connectivity index (χ3n) is 10.5. The van der Waals surface area contributed by atoms with Crippen LogP contribution >= 0.6 is 0 Å². The van der Waals surface area contributed by atoms with E-state index < -0.39 is 0 Å². The zero-order chi connectivity index (χ0) is 33.5. The quantitative estimate of drug-likeness (QED) is 0.186. The lowest BCUT2D eigenvalue weighted by Gasteiger charge is -2.11. The molecular weight excluding hydrogens is 621 g/mol. The first-order valence-electron chi connectivity index (χ1n) is 17.4. The maximum Gasteiger partial charge on any atom is 0.159 e. The fourth-order valence-corrected chi connectivity index (χ4v) is 8.27. The summed E-state index contributed by atoms with van der Waals surface area (Å²) in [6.45, 7) is 0. The number of hydrogen-bond donors (Lipinski definition) is 0. The van der Waals surface area contributed by atoms with Crippen molar-refractivity contribution in [2.75, 3.05) is 0 Å². The number of hydrogen-bond acceptors (Lipinski definition) is 1. The lowest BCUT2D eigenvalue weighted by atomic mass is 10.00. The smallest absolute Gasteiger partial charge is 0.159 e. The Bertz CT molecular complexity index is 3120. The molecule has 3 nitrogen and oxygen atoms in total. The second-order valence-corrected chi connectivity index (χ2v) is 13.3. The first-order chi connectivity index (χ1) is 25.3. The average molecular weight is 651 g/mol. The van der Waals surface area contributed by atoms with E-state index in [1.54, 1.807) is 0 Å². The topological polar surface area (TPSA) is 23.0 Å². The molecule has 0 atom stereocenters. The van der Waals surface area contributed by atoms with Gasteiger partial charge in [0, 0.05) is 38.0 Å². The molecular formula is C48H30N2O. The van der Waals surface area contributed by atoms with Crippen LogP contribution in [0.15, 0.2) is 186 Å². The summed E-state index contributed by atoms with van der Waals surface area (Å²) in [5.41, 5.74) is 13.5. The monoisotopic (exact) mass is 650 g/mol. The molecule has 0 saturated carbocycles. The Morgan fingerprint density at radius 3 is 1.61 bits per heavy atom. The van der Waals surface area contributed by atoms with Gasteiger partial charge in [-0.05, 0) is 70.8 Å². The molecule has 0 spiro atoms. The van der Waals surface area contributed by atoms with E-state index in [9.17, 15) is 0 Å². The number of rotatable bonds is 4. The molecule has 8 aromatic carbocycles. The molecule has 0 amide bonds. The van der Waals surface area contributed by atoms with Gasteiger partial charge in [0.15, 0.2) is 5.58 Å². The average Bonchev–Trinajstić information content (AvgIpc) is 3.86. The SMILES string of the molecule is c1ccc(-c2ccc(-c3cccc(-n4c5ccccc5c5c6c7ccccc7n(-c7cccc8c7oc7ccccc78)c6ccc54)c3)cc2)cc1. The van der Waals surface area contributed by atoms with Gasteiger partial charge in [0.05, 0.1) is 27.8 Å². The van der Waals surface area contributed by atoms with Crippen molar-refractivity contribution < 1.29 is 4.42 Å². The van der Waals surface area contributed by atoms with Gasteiger partial charge in [0.25, 0.3) is 0 Å². The summed E-state index contributed by atoms with van der Waals surface area (Å²) in [6, 6.07) is 65.4. The molecule has 0 unspecified atom stereocenters. The molecule has 3 heterocycles. The van der Waals surface area contributed by atoms with E-state index in [0.29, 0.717) is 0 Å². The highest BCUT2D eigenvalue weighted by atomic mass is 16.3. The van der Waals surface area contributed by atoms with Crippen LogP contribution in [0.4, 0.5) is 0 Å². The highest BCUT2D eigenvalue weighted by molar-refractivity contribution is 6.29. The molecule has 0 aliphatic heterocycles. The second-order valence-electron chi connectivity index (χ2n) is 13.3. The molecule has 0 saturated heterocycles. The summed E-state index contributed by atoms with van der Waals surface area (Å²) in [4.78, 5) is 0. The summed E-state index contributed by atoms with van der Waals surface area (Å²) < 4.78 is 11.4. The standard InChI is InChI=1S/C48H30N2O/c1-2-12-31(13-3-1)32-24-26-33(27-25-32)34-14-10-15-35(30-34)49-40-20-7-4-17-38(40)46-42(49)28-29-43-47(46)39-18-5-8-21-41(39)50(43)44-22-11-19-37-36-16-6-9-23-45(36)51-48(37)44/h1-30H. The van der Waals surface area contributed by atoms with E-state index in [2.05, 4.69) is 185 Å². The predicted molar refractivity (Wildman–Crippen MR) is 213 cm³/mol. The van der Waals surface area contributed by atoms with Crippen molar-refractivity contribution in [3.05, 3.63) is 182 Å². The van der Waals surface area contributed by atoms with Crippen LogP contribution in [-0.4, -0.2) is 9.13 Å². The first-order valence-corrected chi connectivity index (χ1v) is 17.4. The van der Waals surface area contributed by atoms with Crippen molar-refractivity contribution in [1.82, 2.24) is 9.13 Å². The Labute approximate surface area is 293 Å². The maximum absolute atomic E-state index is 6.58. The molecule has 11 rings (SSSR count). The van der Waals surface area contributed by atoms with Crippen LogP contribution in [0.5, 0.6) is 0 Å². The first kappa shape index (κ1) is 28.0. The van der Waals surface area contributed by atoms with Crippen LogP contribution in [0, 0.1) is 0 Å². The van der Waals surface area contributed by atoms with E-state index in [0.717, 1.165) is 44.3 Å². The maximum atomic E-state index is 6.58. The van der Waals surface area contributed by atoms with E-state index >= 15 is 0 Å². The summed E-state index contributed by atoms with van der Waals surface area (Å²) in [5, 5.41) is 7.23. The third-order valence-corrected chi connectivity index (χ3v) is 10.5. The lowest BCUT2D eigenvalue weighted by molar-refractivity contribution is 0.666. The molecule has 3 heteroatoms. The fourth-order valence-electron chi connectivity index (χ4n) is 8.27. The van der Waals surface area contributed by atoms with Gasteiger partial charge in [-0.1, -0.05) is 133 Å². The summed E-state index contributed by atoms with van der Waals surface area (Å²) >= 11 is 0. The van der Waals surface area contributed by atoms with Gasteiger partial charge in [-0.3, -0.25) is 0 Å². The minimum Gasteiger partial charge on any atom is -0.454 e. The summed E-state index contributed by atoms with van der Waals surface area (Å²) in [5.74, 6) is 0. The Kier molecular flexibility index (Phi) is 5.96. The van der Waals surface area contributed by atoms with Crippen LogP contribution < -0.4 is 0 Å². The van der Waals surface area contributed by atoms with E-state index in [4.69, 9.17) is 4.42 Å². The van der Waals surface area contributed by atoms with Crippen LogP contribution in [0.25, 0.3) is 99.2 Å². The van der Waals surface area contributed by atoms with Gasteiger partial charge >= 0.3 is 0 Å². The van der Waals surface area contributed by atoms with Crippen LogP contribution in [0.1, 0.15) is 0 Å². The molecule has 0 aliphatic carbocycles. The van der Waals surface area contributed by atoms with Crippen molar-refractivity contribution in [1.29, 1.82) is 0 Å². The van der Waals surface area contributed by atoms with Crippen molar-refractivity contribution >= 4 is 65.6 Å². The molecule has 0 N–H and O–H groups in total. The second kappa shape index (κ2) is 10.8. The zero-order valence-electron chi connectivity index (χ0n) is 27.6. The van der Waals surface area contributed by atoms with Gasteiger partial charge in [-0.15, -0.1) is 0 Å². The predicted octanol–water partition coefficient (Wildman–Crippen LogP) is 13.1. The normalized spacial score (nSPS) is 11.9. The number of nitrogens with zero attached hydrogens (tertiary/aromatic N) is 2. The van der Waals surface area contributed by atoms with E-state index in [-0.39, 0.29) is 0 Å². The number of para-hydroxylation sites is 4. The van der Waals surface area contributed by atoms with Crippen molar-refractivity contribution in [3.8, 4) is 33.6 Å².